The predicted molar refractivity (Wildman–Crippen MR) is 123 cm³/mol. The van der Waals surface area contributed by atoms with E-state index in [1.54, 1.807) is 37.3 Å². The molecule has 2 aromatic carbocycles. The summed E-state index contributed by atoms with van der Waals surface area (Å²) >= 11 is 6.29. The Kier molecular flexibility index (Phi) is 7.04. The molecule has 0 saturated carbocycles. The molecule has 0 fully saturated rings. The molecule has 4 rings (SSSR count). The highest BCUT2D eigenvalue weighted by molar-refractivity contribution is 6.30. The molecule has 0 atom stereocenters. The molecule has 0 N–H and O–H groups in total. The first kappa shape index (κ1) is 22.9. The van der Waals surface area contributed by atoms with Gasteiger partial charge in [-0.2, -0.15) is 0 Å². The number of hydrogen-bond acceptors (Lipinski definition) is 4. The van der Waals surface area contributed by atoms with E-state index in [2.05, 4.69) is 4.98 Å². The number of ether oxygens (including phenoxy) is 2. The zero-order chi connectivity index (χ0) is 23.4. The monoisotopic (exact) mass is 469 g/mol. The van der Waals surface area contributed by atoms with Crippen LogP contribution in [0.25, 0.3) is 11.1 Å². The molecular formula is C26H22ClF2NO3. The summed E-state index contributed by atoms with van der Waals surface area (Å²) in [6.07, 6.45) is 2.45. The van der Waals surface area contributed by atoms with Crippen LogP contribution in [0.2, 0.25) is 5.02 Å². The Morgan fingerprint density at radius 1 is 1.06 bits per heavy atom. The van der Waals surface area contributed by atoms with Crippen molar-refractivity contribution >= 4 is 28.7 Å². The Morgan fingerprint density at radius 3 is 2.67 bits per heavy atom. The quantitative estimate of drug-likeness (QED) is 0.354. The number of esters is 1. The molecule has 7 heteroatoms. The highest BCUT2D eigenvalue weighted by Gasteiger charge is 2.23. The van der Waals surface area contributed by atoms with E-state index in [4.69, 9.17) is 21.1 Å². The first-order valence-corrected chi connectivity index (χ1v) is 11.1. The van der Waals surface area contributed by atoms with E-state index in [9.17, 15) is 13.6 Å². The summed E-state index contributed by atoms with van der Waals surface area (Å²) in [5, 5.41) is 0.529. The first-order chi connectivity index (χ1) is 16.0. The van der Waals surface area contributed by atoms with Gasteiger partial charge in [0.05, 0.1) is 12.3 Å². The minimum absolute atomic E-state index is 0.125. The number of halogens is 3. The lowest BCUT2D eigenvalue weighted by Gasteiger charge is -2.15. The van der Waals surface area contributed by atoms with Gasteiger partial charge in [0.1, 0.15) is 18.1 Å². The number of pyridine rings is 1. The summed E-state index contributed by atoms with van der Waals surface area (Å²) in [7, 11) is 0. The van der Waals surface area contributed by atoms with Gasteiger partial charge >= 0.3 is 5.97 Å². The summed E-state index contributed by atoms with van der Waals surface area (Å²) in [5.41, 5.74) is 3.83. The normalized spacial score (nSPS) is 13.3. The van der Waals surface area contributed by atoms with Crippen molar-refractivity contribution in [3.8, 4) is 5.75 Å². The van der Waals surface area contributed by atoms with Crippen LogP contribution in [0.1, 0.15) is 53.5 Å². The molecule has 0 bridgehead atoms. The number of hydrogen-bond donors (Lipinski definition) is 0. The molecule has 170 valence electrons. The minimum atomic E-state index is -0.922. The fourth-order valence-corrected chi connectivity index (χ4v) is 4.10. The average molecular weight is 470 g/mol. The molecule has 0 radical (unpaired) electrons. The van der Waals surface area contributed by atoms with Crippen LogP contribution in [0.4, 0.5) is 8.78 Å². The van der Waals surface area contributed by atoms with E-state index in [1.807, 2.05) is 6.07 Å². The number of carbonyl (C=O) groups is 1. The van der Waals surface area contributed by atoms with Gasteiger partial charge < -0.3 is 9.47 Å². The van der Waals surface area contributed by atoms with Gasteiger partial charge in [0.2, 0.25) is 0 Å². The van der Waals surface area contributed by atoms with Gasteiger partial charge in [-0.25, -0.2) is 18.6 Å². The van der Waals surface area contributed by atoms with Crippen molar-refractivity contribution in [3.05, 3.63) is 93.8 Å². The van der Waals surface area contributed by atoms with Crippen LogP contribution in [0, 0.1) is 11.6 Å². The van der Waals surface area contributed by atoms with Gasteiger partial charge in [-0.1, -0.05) is 29.8 Å². The lowest BCUT2D eigenvalue weighted by Crippen LogP contribution is -2.08. The molecule has 0 saturated heterocycles. The molecule has 0 spiro atoms. The highest BCUT2D eigenvalue weighted by Crippen LogP contribution is 2.43. The second-order valence-electron chi connectivity index (χ2n) is 7.58. The Balaban J connectivity index is 1.70. The van der Waals surface area contributed by atoms with Gasteiger partial charge in [-0.05, 0) is 73.7 Å². The number of nitrogens with zero attached hydrogens (tertiary/aromatic N) is 1. The zero-order valence-corrected chi connectivity index (χ0v) is 18.8. The van der Waals surface area contributed by atoms with Gasteiger partial charge in [0.25, 0.3) is 0 Å². The van der Waals surface area contributed by atoms with E-state index in [1.165, 1.54) is 12.1 Å². The highest BCUT2D eigenvalue weighted by atomic mass is 35.5. The number of carbonyl (C=O) groups excluding carboxylic acids is 1. The number of benzene rings is 2. The van der Waals surface area contributed by atoms with Crippen LogP contribution in [-0.4, -0.2) is 17.6 Å². The molecule has 0 aliphatic heterocycles. The molecule has 0 unspecified atom stereocenters. The zero-order valence-electron chi connectivity index (χ0n) is 18.0. The topological polar surface area (TPSA) is 48.4 Å². The largest absolute Gasteiger partial charge is 0.488 e. The first-order valence-electron chi connectivity index (χ1n) is 10.7. The van der Waals surface area contributed by atoms with Crippen molar-refractivity contribution in [3.63, 3.8) is 0 Å². The molecule has 4 nitrogen and oxygen atoms in total. The van der Waals surface area contributed by atoms with Gasteiger partial charge in [-0.15, -0.1) is 0 Å². The van der Waals surface area contributed by atoms with Gasteiger partial charge in [0.15, 0.2) is 11.6 Å². The number of aromatic nitrogens is 1. The van der Waals surface area contributed by atoms with E-state index < -0.39 is 17.6 Å². The molecular weight excluding hydrogens is 448 g/mol. The standard InChI is InChI=1S/C26H22ClF2NO3/c1-2-32-26(31)23-11-5-10-22(30-23)19-8-4-7-18(19)20-14-17(27)12-13-24(20)33-15-16-6-3-9-21(28)25(16)29/h3,5-6,9-14H,2,4,7-8,15H2,1H3. The third-order valence-electron chi connectivity index (χ3n) is 5.44. The molecule has 1 aliphatic carbocycles. The van der Waals surface area contributed by atoms with E-state index in [-0.39, 0.29) is 24.5 Å². The van der Waals surface area contributed by atoms with Crippen molar-refractivity contribution in [2.45, 2.75) is 32.8 Å². The summed E-state index contributed by atoms with van der Waals surface area (Å²) in [4.78, 5) is 16.7. The molecule has 1 aliphatic rings. The summed E-state index contributed by atoms with van der Waals surface area (Å²) < 4.78 is 38.6. The van der Waals surface area contributed by atoms with Crippen LogP contribution in [0.15, 0.2) is 54.6 Å². The fourth-order valence-electron chi connectivity index (χ4n) is 3.92. The maximum atomic E-state index is 14.1. The second kappa shape index (κ2) is 10.1. The smallest absolute Gasteiger partial charge is 0.356 e. The van der Waals surface area contributed by atoms with E-state index in [0.717, 1.165) is 42.0 Å². The molecule has 1 heterocycles. The average Bonchev–Trinajstić information content (AvgIpc) is 3.31. The number of allylic oxidation sites excluding steroid dienone is 2. The fraction of sp³-hybridized carbons (Fsp3) is 0.231. The molecule has 1 aromatic heterocycles. The Labute approximate surface area is 195 Å². The minimum Gasteiger partial charge on any atom is -0.488 e. The SMILES string of the molecule is CCOC(=O)c1cccc(C2=C(c3cc(Cl)ccc3OCc3cccc(F)c3F)CCC2)n1. The molecule has 0 amide bonds. The van der Waals surface area contributed by atoms with Crippen molar-refractivity contribution in [1.82, 2.24) is 4.98 Å². The molecule has 3 aromatic rings. The second-order valence-corrected chi connectivity index (χ2v) is 8.02. The van der Waals surface area contributed by atoms with Crippen molar-refractivity contribution in [2.75, 3.05) is 6.61 Å². The van der Waals surface area contributed by atoms with Crippen LogP contribution in [0.3, 0.4) is 0 Å². The van der Waals surface area contributed by atoms with Gasteiger partial charge in [0, 0.05) is 16.1 Å². The third-order valence-corrected chi connectivity index (χ3v) is 5.68. The van der Waals surface area contributed by atoms with Crippen LogP contribution in [0.5, 0.6) is 5.75 Å². The van der Waals surface area contributed by atoms with Crippen molar-refractivity contribution in [2.24, 2.45) is 0 Å². The number of rotatable bonds is 7. The lowest BCUT2D eigenvalue weighted by atomic mass is 9.99. The van der Waals surface area contributed by atoms with Crippen LogP contribution < -0.4 is 4.74 Å². The van der Waals surface area contributed by atoms with E-state index >= 15 is 0 Å². The maximum absolute atomic E-state index is 14.1. The lowest BCUT2D eigenvalue weighted by molar-refractivity contribution is 0.0519. The predicted octanol–water partition coefficient (Wildman–Crippen LogP) is 6.86. The van der Waals surface area contributed by atoms with Gasteiger partial charge in [-0.3, -0.25) is 0 Å². The Bertz CT molecular complexity index is 1230. The molecule has 33 heavy (non-hydrogen) atoms. The van der Waals surface area contributed by atoms with E-state index in [0.29, 0.717) is 16.5 Å². The van der Waals surface area contributed by atoms with Crippen molar-refractivity contribution < 1.29 is 23.0 Å². The van der Waals surface area contributed by atoms with Crippen LogP contribution in [-0.2, 0) is 11.3 Å². The van der Waals surface area contributed by atoms with Crippen LogP contribution >= 0.6 is 11.6 Å². The summed E-state index contributed by atoms with van der Waals surface area (Å²) in [5.74, 6) is -1.79. The Morgan fingerprint density at radius 2 is 1.85 bits per heavy atom. The third kappa shape index (κ3) is 5.06. The summed E-state index contributed by atoms with van der Waals surface area (Å²) in [6, 6.07) is 14.5. The summed E-state index contributed by atoms with van der Waals surface area (Å²) in [6.45, 7) is 1.89. The van der Waals surface area contributed by atoms with Crippen molar-refractivity contribution in [1.29, 1.82) is 0 Å². The Hall–Kier alpha value is -3.25. The maximum Gasteiger partial charge on any atom is 0.356 e.